The number of carbonyl (C=O) groups is 2. The minimum Gasteiger partial charge on any atom is -0.369 e. The van der Waals surface area contributed by atoms with Crippen molar-refractivity contribution in [3.63, 3.8) is 0 Å². The number of benzene rings is 1. The van der Waals surface area contributed by atoms with Crippen LogP contribution in [-0.4, -0.2) is 32.3 Å². The summed E-state index contributed by atoms with van der Waals surface area (Å²) < 4.78 is 1.82. The largest absolute Gasteiger partial charge is 0.369 e. The maximum absolute atomic E-state index is 12.3. The number of rotatable bonds is 7. The van der Waals surface area contributed by atoms with E-state index in [1.807, 2.05) is 43.5 Å². The summed E-state index contributed by atoms with van der Waals surface area (Å²) >= 11 is 1.22. The summed E-state index contributed by atoms with van der Waals surface area (Å²) in [6, 6.07) is 5.78. The Morgan fingerprint density at radius 3 is 2.71 bits per heavy atom. The number of aryl methyl sites for hydroxylation is 1. The van der Waals surface area contributed by atoms with E-state index in [0.29, 0.717) is 17.5 Å². The monoisotopic (exact) mass is 347 g/mol. The second kappa shape index (κ2) is 7.96. The molecule has 0 spiro atoms. The number of nitrogens with two attached hydrogens (primary N) is 1. The Morgan fingerprint density at radius 1 is 1.29 bits per heavy atom. The number of thioether (sulfide) groups is 1. The van der Waals surface area contributed by atoms with Gasteiger partial charge in [0.1, 0.15) is 5.82 Å². The summed E-state index contributed by atoms with van der Waals surface area (Å²) in [4.78, 5) is 23.2. The zero-order chi connectivity index (χ0) is 17.7. The first-order valence-electron chi connectivity index (χ1n) is 7.61. The molecule has 0 aliphatic carbocycles. The van der Waals surface area contributed by atoms with E-state index < -0.39 is 5.91 Å². The van der Waals surface area contributed by atoms with Crippen LogP contribution >= 0.6 is 11.8 Å². The lowest BCUT2D eigenvalue weighted by Crippen LogP contribution is -2.18. The number of amides is 2. The molecular formula is C16H21N5O2S. The zero-order valence-electron chi connectivity index (χ0n) is 14.0. The smallest absolute Gasteiger partial charge is 0.232 e. The van der Waals surface area contributed by atoms with Gasteiger partial charge in [-0.15, -0.1) is 10.2 Å². The molecule has 24 heavy (non-hydrogen) atoms. The average Bonchev–Trinajstić information content (AvgIpc) is 2.91. The van der Waals surface area contributed by atoms with Gasteiger partial charge in [0.15, 0.2) is 5.16 Å². The molecule has 0 saturated carbocycles. The summed E-state index contributed by atoms with van der Waals surface area (Å²) in [5.41, 5.74) is 8.11. The summed E-state index contributed by atoms with van der Waals surface area (Å²) in [7, 11) is 0. The summed E-state index contributed by atoms with van der Waals surface area (Å²) in [5.74, 6) is 0.122. The van der Waals surface area contributed by atoms with Gasteiger partial charge >= 0.3 is 0 Å². The lowest BCUT2D eigenvalue weighted by atomic mass is 10.1. The Balaban J connectivity index is 2.08. The van der Waals surface area contributed by atoms with Crippen molar-refractivity contribution in [2.24, 2.45) is 5.73 Å². The summed E-state index contributed by atoms with van der Waals surface area (Å²) in [6.45, 7) is 6.52. The molecule has 2 rings (SSSR count). The minimum absolute atomic E-state index is 0.116. The normalized spacial score (nSPS) is 10.6. The van der Waals surface area contributed by atoms with Crippen molar-refractivity contribution < 1.29 is 9.59 Å². The number of hydrogen-bond acceptors (Lipinski definition) is 5. The van der Waals surface area contributed by atoms with Gasteiger partial charge in [0.25, 0.3) is 0 Å². The Bertz CT molecular complexity index is 757. The third-order valence-corrected chi connectivity index (χ3v) is 4.64. The molecule has 8 heteroatoms. The lowest BCUT2D eigenvalue weighted by Gasteiger charge is -2.11. The number of nitrogens with one attached hydrogen (secondary N) is 1. The van der Waals surface area contributed by atoms with Crippen LogP contribution in [-0.2, 0) is 22.6 Å². The van der Waals surface area contributed by atoms with Gasteiger partial charge in [-0.1, -0.05) is 23.9 Å². The van der Waals surface area contributed by atoms with E-state index in [9.17, 15) is 9.59 Å². The average molecular weight is 347 g/mol. The van der Waals surface area contributed by atoms with Gasteiger partial charge in [0.2, 0.25) is 11.8 Å². The SMILES string of the molecule is CCn1c(CC(=O)Nc2cccc(C)c2C)nnc1SCC(N)=O. The molecule has 0 saturated heterocycles. The van der Waals surface area contributed by atoms with E-state index in [1.165, 1.54) is 11.8 Å². The van der Waals surface area contributed by atoms with Crippen LogP contribution in [0.5, 0.6) is 0 Å². The van der Waals surface area contributed by atoms with Crippen molar-refractivity contribution in [3.8, 4) is 0 Å². The minimum atomic E-state index is -0.417. The maximum atomic E-state index is 12.3. The van der Waals surface area contributed by atoms with Gasteiger partial charge in [0, 0.05) is 12.2 Å². The van der Waals surface area contributed by atoms with Crippen molar-refractivity contribution in [1.82, 2.24) is 14.8 Å². The molecule has 1 aromatic heterocycles. The molecule has 1 heterocycles. The third-order valence-electron chi connectivity index (χ3n) is 3.65. The molecular weight excluding hydrogens is 326 g/mol. The molecule has 2 aromatic rings. The highest BCUT2D eigenvalue weighted by atomic mass is 32.2. The number of anilines is 1. The number of nitrogens with zero attached hydrogens (tertiary/aromatic N) is 3. The first-order valence-corrected chi connectivity index (χ1v) is 8.60. The van der Waals surface area contributed by atoms with Crippen LogP contribution in [0, 0.1) is 13.8 Å². The van der Waals surface area contributed by atoms with E-state index >= 15 is 0 Å². The molecule has 0 atom stereocenters. The van der Waals surface area contributed by atoms with Crippen LogP contribution in [0.15, 0.2) is 23.4 Å². The van der Waals surface area contributed by atoms with Crippen molar-refractivity contribution >= 4 is 29.3 Å². The summed E-state index contributed by atoms with van der Waals surface area (Å²) in [6.07, 6.45) is 0.116. The molecule has 2 amide bonds. The second-order valence-electron chi connectivity index (χ2n) is 5.37. The fourth-order valence-corrected chi connectivity index (χ4v) is 2.99. The van der Waals surface area contributed by atoms with Gasteiger partial charge < -0.3 is 15.6 Å². The second-order valence-corrected chi connectivity index (χ2v) is 6.31. The highest BCUT2D eigenvalue weighted by Gasteiger charge is 2.16. The van der Waals surface area contributed by atoms with Crippen LogP contribution in [0.4, 0.5) is 5.69 Å². The van der Waals surface area contributed by atoms with Gasteiger partial charge in [-0.05, 0) is 38.0 Å². The van der Waals surface area contributed by atoms with Gasteiger partial charge in [-0.2, -0.15) is 0 Å². The van der Waals surface area contributed by atoms with Crippen LogP contribution in [0.2, 0.25) is 0 Å². The van der Waals surface area contributed by atoms with Gasteiger partial charge in [-0.25, -0.2) is 0 Å². The van der Waals surface area contributed by atoms with E-state index in [4.69, 9.17) is 5.73 Å². The Labute approximate surface area is 145 Å². The molecule has 0 unspecified atom stereocenters. The maximum Gasteiger partial charge on any atom is 0.232 e. The van der Waals surface area contributed by atoms with Crippen molar-refractivity contribution in [2.75, 3.05) is 11.1 Å². The van der Waals surface area contributed by atoms with Crippen LogP contribution in [0.1, 0.15) is 23.9 Å². The Kier molecular flexibility index (Phi) is 5.97. The number of hydrogen-bond donors (Lipinski definition) is 2. The molecule has 0 radical (unpaired) electrons. The predicted octanol–water partition coefficient (Wildman–Crippen LogP) is 1.67. The Morgan fingerprint density at radius 2 is 2.04 bits per heavy atom. The number of carbonyl (C=O) groups excluding carboxylic acids is 2. The van der Waals surface area contributed by atoms with Gasteiger partial charge in [-0.3, -0.25) is 9.59 Å². The first-order chi connectivity index (χ1) is 11.4. The van der Waals surface area contributed by atoms with Crippen molar-refractivity contribution in [1.29, 1.82) is 0 Å². The van der Waals surface area contributed by atoms with Crippen molar-refractivity contribution in [3.05, 3.63) is 35.2 Å². The zero-order valence-corrected chi connectivity index (χ0v) is 14.8. The molecule has 0 aliphatic rings. The highest BCUT2D eigenvalue weighted by molar-refractivity contribution is 7.99. The van der Waals surface area contributed by atoms with Crippen molar-refractivity contribution in [2.45, 2.75) is 38.9 Å². The number of aromatic nitrogens is 3. The van der Waals surface area contributed by atoms with E-state index in [0.717, 1.165) is 16.8 Å². The van der Waals surface area contributed by atoms with Gasteiger partial charge in [0.05, 0.1) is 12.2 Å². The molecule has 1 aromatic carbocycles. The molecule has 0 aliphatic heterocycles. The van der Waals surface area contributed by atoms with E-state index in [2.05, 4.69) is 15.5 Å². The van der Waals surface area contributed by atoms with Crippen LogP contribution in [0.25, 0.3) is 0 Å². The van der Waals surface area contributed by atoms with Crippen LogP contribution < -0.4 is 11.1 Å². The Hall–Kier alpha value is -2.35. The topological polar surface area (TPSA) is 103 Å². The predicted molar refractivity (Wildman–Crippen MR) is 93.9 cm³/mol. The third kappa shape index (κ3) is 4.35. The quantitative estimate of drug-likeness (QED) is 0.742. The molecule has 3 N–H and O–H groups in total. The van der Waals surface area contributed by atoms with Crippen LogP contribution in [0.3, 0.4) is 0 Å². The van der Waals surface area contributed by atoms with E-state index in [1.54, 1.807) is 0 Å². The molecule has 7 nitrogen and oxygen atoms in total. The fourth-order valence-electron chi connectivity index (χ4n) is 2.23. The van der Waals surface area contributed by atoms with E-state index in [-0.39, 0.29) is 18.1 Å². The molecule has 0 fully saturated rings. The fraction of sp³-hybridized carbons (Fsp3) is 0.375. The molecule has 128 valence electrons. The molecule has 0 bridgehead atoms. The number of primary amides is 1. The lowest BCUT2D eigenvalue weighted by molar-refractivity contribution is -0.116. The summed E-state index contributed by atoms with van der Waals surface area (Å²) in [5, 5.41) is 11.6. The standard InChI is InChI=1S/C16H21N5O2S/c1-4-21-14(19-20-16(21)24-9-13(17)22)8-15(23)18-12-7-5-6-10(2)11(12)3/h5-7H,4,8-9H2,1-3H3,(H2,17,22)(H,18,23). The highest BCUT2D eigenvalue weighted by Crippen LogP contribution is 2.19. The first kappa shape index (κ1) is 18.0.